The SMILES string of the molecule is CC(C)(C)c1cc(-c2ccccc2Cl)[nH]n1. The summed E-state index contributed by atoms with van der Waals surface area (Å²) in [5.74, 6) is 0. The fraction of sp³-hybridized carbons (Fsp3) is 0.308. The standard InChI is InChI=1S/C13H15ClN2/c1-13(2,3)12-8-11(15-16-12)9-6-4-5-7-10(9)14/h4-8H,1-3H3,(H,15,16). The molecule has 2 nitrogen and oxygen atoms in total. The summed E-state index contributed by atoms with van der Waals surface area (Å²) in [6.07, 6.45) is 0. The predicted molar refractivity (Wildman–Crippen MR) is 67.7 cm³/mol. The van der Waals surface area contributed by atoms with Gasteiger partial charge in [-0.2, -0.15) is 5.10 Å². The van der Waals surface area contributed by atoms with E-state index >= 15 is 0 Å². The largest absolute Gasteiger partial charge is 0.277 e. The molecule has 0 aliphatic rings. The van der Waals surface area contributed by atoms with Crippen LogP contribution in [0, 0.1) is 0 Å². The van der Waals surface area contributed by atoms with Gasteiger partial charge in [-0.3, -0.25) is 5.10 Å². The Labute approximate surface area is 101 Å². The Morgan fingerprint density at radius 1 is 1.19 bits per heavy atom. The van der Waals surface area contributed by atoms with Crippen molar-refractivity contribution in [1.29, 1.82) is 0 Å². The number of hydrogen-bond acceptors (Lipinski definition) is 1. The van der Waals surface area contributed by atoms with E-state index in [0.717, 1.165) is 22.0 Å². The zero-order valence-corrected chi connectivity index (χ0v) is 10.5. The molecular weight excluding hydrogens is 220 g/mol. The van der Waals surface area contributed by atoms with Crippen molar-refractivity contribution in [2.45, 2.75) is 26.2 Å². The van der Waals surface area contributed by atoms with E-state index in [1.54, 1.807) is 0 Å². The fourth-order valence-corrected chi connectivity index (χ4v) is 1.76. The molecule has 84 valence electrons. The minimum atomic E-state index is 0.0516. The number of hydrogen-bond donors (Lipinski definition) is 1. The highest BCUT2D eigenvalue weighted by Gasteiger charge is 2.18. The topological polar surface area (TPSA) is 28.7 Å². The summed E-state index contributed by atoms with van der Waals surface area (Å²) in [7, 11) is 0. The number of nitrogens with one attached hydrogen (secondary N) is 1. The van der Waals surface area contributed by atoms with Gasteiger partial charge in [0, 0.05) is 16.0 Å². The van der Waals surface area contributed by atoms with E-state index in [2.05, 4.69) is 37.0 Å². The van der Waals surface area contributed by atoms with E-state index in [-0.39, 0.29) is 5.41 Å². The van der Waals surface area contributed by atoms with Crippen LogP contribution < -0.4 is 0 Å². The first-order chi connectivity index (χ1) is 7.48. The number of aromatic nitrogens is 2. The Hall–Kier alpha value is -1.28. The second kappa shape index (κ2) is 3.95. The first kappa shape index (κ1) is 11.2. The molecule has 0 saturated carbocycles. The summed E-state index contributed by atoms with van der Waals surface area (Å²) < 4.78 is 0. The van der Waals surface area contributed by atoms with Gasteiger partial charge in [-0.25, -0.2) is 0 Å². The third kappa shape index (κ3) is 2.12. The van der Waals surface area contributed by atoms with Crippen molar-refractivity contribution in [3.8, 4) is 11.3 Å². The van der Waals surface area contributed by atoms with E-state index in [9.17, 15) is 0 Å². The molecule has 0 amide bonds. The van der Waals surface area contributed by atoms with E-state index in [1.165, 1.54) is 0 Å². The zero-order valence-electron chi connectivity index (χ0n) is 9.71. The lowest BCUT2D eigenvalue weighted by Gasteiger charge is -2.13. The molecule has 0 unspecified atom stereocenters. The first-order valence-electron chi connectivity index (χ1n) is 5.29. The number of benzene rings is 1. The van der Waals surface area contributed by atoms with Gasteiger partial charge < -0.3 is 0 Å². The average Bonchev–Trinajstić information content (AvgIpc) is 2.66. The molecule has 0 radical (unpaired) electrons. The Bertz CT molecular complexity index is 495. The maximum Gasteiger partial charge on any atom is 0.0682 e. The smallest absolute Gasteiger partial charge is 0.0682 e. The Morgan fingerprint density at radius 2 is 1.88 bits per heavy atom. The third-order valence-electron chi connectivity index (χ3n) is 2.51. The van der Waals surface area contributed by atoms with Crippen LogP contribution in [0.25, 0.3) is 11.3 Å². The summed E-state index contributed by atoms with van der Waals surface area (Å²) >= 11 is 6.13. The molecule has 0 fully saturated rings. The molecule has 0 aliphatic carbocycles. The molecular formula is C13H15ClN2. The van der Waals surface area contributed by atoms with Crippen LogP contribution in [-0.4, -0.2) is 10.2 Å². The number of nitrogens with zero attached hydrogens (tertiary/aromatic N) is 1. The van der Waals surface area contributed by atoms with Crippen molar-refractivity contribution in [1.82, 2.24) is 10.2 Å². The molecule has 1 N–H and O–H groups in total. The molecule has 1 aromatic heterocycles. The molecule has 0 saturated heterocycles. The fourth-order valence-electron chi connectivity index (χ4n) is 1.52. The van der Waals surface area contributed by atoms with Gasteiger partial charge in [-0.05, 0) is 12.1 Å². The Balaban J connectivity index is 2.44. The summed E-state index contributed by atoms with van der Waals surface area (Å²) in [6.45, 7) is 6.42. The van der Waals surface area contributed by atoms with Crippen molar-refractivity contribution in [3.05, 3.63) is 41.0 Å². The van der Waals surface area contributed by atoms with Crippen LogP contribution >= 0.6 is 11.6 Å². The molecule has 1 heterocycles. The van der Waals surface area contributed by atoms with Crippen LogP contribution in [0.5, 0.6) is 0 Å². The van der Waals surface area contributed by atoms with Gasteiger partial charge in [-0.1, -0.05) is 50.6 Å². The van der Waals surface area contributed by atoms with Crippen molar-refractivity contribution in [2.24, 2.45) is 0 Å². The summed E-state index contributed by atoms with van der Waals surface area (Å²) in [4.78, 5) is 0. The minimum absolute atomic E-state index is 0.0516. The molecule has 0 atom stereocenters. The second-order valence-electron chi connectivity index (χ2n) is 4.90. The molecule has 2 rings (SSSR count). The number of halogens is 1. The highest BCUT2D eigenvalue weighted by atomic mass is 35.5. The highest BCUT2D eigenvalue weighted by Crippen LogP contribution is 2.29. The van der Waals surface area contributed by atoms with E-state index in [4.69, 9.17) is 11.6 Å². The lowest BCUT2D eigenvalue weighted by Crippen LogP contribution is -2.11. The van der Waals surface area contributed by atoms with Crippen molar-refractivity contribution < 1.29 is 0 Å². The minimum Gasteiger partial charge on any atom is -0.277 e. The van der Waals surface area contributed by atoms with Crippen molar-refractivity contribution in [2.75, 3.05) is 0 Å². The predicted octanol–water partition coefficient (Wildman–Crippen LogP) is 4.03. The summed E-state index contributed by atoms with van der Waals surface area (Å²) in [5.41, 5.74) is 3.06. The normalized spacial score (nSPS) is 11.8. The molecule has 0 aliphatic heterocycles. The van der Waals surface area contributed by atoms with Gasteiger partial charge in [0.25, 0.3) is 0 Å². The molecule has 1 aromatic carbocycles. The molecule has 2 aromatic rings. The quantitative estimate of drug-likeness (QED) is 0.793. The van der Waals surface area contributed by atoms with Gasteiger partial charge in [0.15, 0.2) is 0 Å². The molecule has 16 heavy (non-hydrogen) atoms. The van der Waals surface area contributed by atoms with Gasteiger partial charge in [0.05, 0.1) is 11.4 Å². The van der Waals surface area contributed by atoms with Crippen LogP contribution in [0.4, 0.5) is 0 Å². The maximum absolute atomic E-state index is 6.13. The average molecular weight is 235 g/mol. The van der Waals surface area contributed by atoms with Crippen LogP contribution in [0.3, 0.4) is 0 Å². The van der Waals surface area contributed by atoms with Gasteiger partial charge in [0.1, 0.15) is 0 Å². The molecule has 0 bridgehead atoms. The third-order valence-corrected chi connectivity index (χ3v) is 2.84. The maximum atomic E-state index is 6.13. The van der Waals surface area contributed by atoms with Crippen LogP contribution in [0.2, 0.25) is 5.02 Å². The van der Waals surface area contributed by atoms with E-state index < -0.39 is 0 Å². The lowest BCUT2D eigenvalue weighted by molar-refractivity contribution is 0.567. The zero-order chi connectivity index (χ0) is 11.8. The number of H-pyrrole nitrogens is 1. The van der Waals surface area contributed by atoms with Crippen molar-refractivity contribution >= 4 is 11.6 Å². The van der Waals surface area contributed by atoms with Crippen LogP contribution in [0.15, 0.2) is 30.3 Å². The van der Waals surface area contributed by atoms with Crippen LogP contribution in [-0.2, 0) is 5.41 Å². The van der Waals surface area contributed by atoms with Crippen molar-refractivity contribution in [3.63, 3.8) is 0 Å². The van der Waals surface area contributed by atoms with Gasteiger partial charge in [-0.15, -0.1) is 0 Å². The number of aromatic amines is 1. The van der Waals surface area contributed by atoms with E-state index in [1.807, 2.05) is 24.3 Å². The Morgan fingerprint density at radius 3 is 2.44 bits per heavy atom. The lowest BCUT2D eigenvalue weighted by atomic mass is 9.92. The highest BCUT2D eigenvalue weighted by molar-refractivity contribution is 6.33. The van der Waals surface area contributed by atoms with E-state index in [0.29, 0.717) is 0 Å². The second-order valence-corrected chi connectivity index (χ2v) is 5.30. The molecule has 3 heteroatoms. The van der Waals surface area contributed by atoms with Gasteiger partial charge >= 0.3 is 0 Å². The first-order valence-corrected chi connectivity index (χ1v) is 5.67. The van der Waals surface area contributed by atoms with Gasteiger partial charge in [0.2, 0.25) is 0 Å². The summed E-state index contributed by atoms with van der Waals surface area (Å²) in [6, 6.07) is 9.82. The van der Waals surface area contributed by atoms with Crippen LogP contribution in [0.1, 0.15) is 26.5 Å². The summed E-state index contributed by atoms with van der Waals surface area (Å²) in [5, 5.41) is 8.10. The number of rotatable bonds is 1. The Kier molecular flexibility index (Phi) is 2.76. The monoisotopic (exact) mass is 234 g/mol. The molecule has 0 spiro atoms.